The van der Waals surface area contributed by atoms with Gasteiger partial charge in [0.1, 0.15) is 0 Å². The zero-order chi connectivity index (χ0) is 13.5. The van der Waals surface area contributed by atoms with Crippen molar-refractivity contribution >= 4 is 17.5 Å². The molecule has 3 heteroatoms. The van der Waals surface area contributed by atoms with E-state index in [-0.39, 0.29) is 28.0 Å². The number of Topliss-reactive ketones (excluding diaryl/α,β-unsaturated/α-hetero) is 1. The first-order valence-corrected chi connectivity index (χ1v) is 8.06. The van der Waals surface area contributed by atoms with Crippen LogP contribution < -0.4 is 0 Å². The van der Waals surface area contributed by atoms with Crippen LogP contribution in [0.2, 0.25) is 0 Å². The van der Waals surface area contributed by atoms with E-state index in [1.807, 2.05) is 13.8 Å². The second-order valence-electron chi connectivity index (χ2n) is 6.81. The van der Waals surface area contributed by atoms with Gasteiger partial charge in [-0.1, -0.05) is 41.0 Å². The molecule has 0 aromatic rings. The van der Waals surface area contributed by atoms with Crippen molar-refractivity contribution in [1.29, 1.82) is 0 Å². The van der Waals surface area contributed by atoms with Crippen LogP contribution in [-0.4, -0.2) is 22.1 Å². The van der Waals surface area contributed by atoms with Crippen molar-refractivity contribution in [2.75, 3.05) is 0 Å². The number of hydrogen-bond acceptors (Lipinski definition) is 3. The Morgan fingerprint density at radius 1 is 1.33 bits per heavy atom. The zero-order valence-electron chi connectivity index (χ0n) is 12.2. The van der Waals surface area contributed by atoms with Crippen LogP contribution in [0, 0.1) is 17.8 Å². The molecule has 0 bridgehead atoms. The summed E-state index contributed by atoms with van der Waals surface area (Å²) in [5.74, 6) is 1.66. The van der Waals surface area contributed by atoms with Crippen LogP contribution in [0.1, 0.15) is 53.9 Å². The quantitative estimate of drug-likeness (QED) is 0.761. The van der Waals surface area contributed by atoms with Crippen LogP contribution in [0.15, 0.2) is 0 Å². The number of ketones is 1. The smallest absolute Gasteiger partial charge is 0.174 e. The van der Waals surface area contributed by atoms with Gasteiger partial charge in [-0.15, -0.1) is 11.8 Å². The van der Waals surface area contributed by atoms with Crippen LogP contribution in [0.5, 0.6) is 0 Å². The molecule has 1 aliphatic carbocycles. The van der Waals surface area contributed by atoms with Crippen molar-refractivity contribution in [2.45, 2.75) is 70.2 Å². The summed E-state index contributed by atoms with van der Waals surface area (Å²) < 4.78 is 6.30. The molecule has 1 aliphatic heterocycles. The van der Waals surface area contributed by atoms with E-state index in [0.29, 0.717) is 5.92 Å². The Balaban J connectivity index is 2.14. The summed E-state index contributed by atoms with van der Waals surface area (Å²) in [6, 6.07) is 0. The summed E-state index contributed by atoms with van der Waals surface area (Å²) >= 11 is 1.74. The Bertz CT molecular complexity index is 324. The lowest BCUT2D eigenvalue weighted by Gasteiger charge is -2.49. The van der Waals surface area contributed by atoms with Crippen molar-refractivity contribution < 1.29 is 9.53 Å². The largest absolute Gasteiger partial charge is 0.356 e. The lowest BCUT2D eigenvalue weighted by molar-refractivity contribution is -0.137. The van der Waals surface area contributed by atoms with Crippen molar-refractivity contribution in [2.24, 2.45) is 17.8 Å². The van der Waals surface area contributed by atoms with Crippen LogP contribution in [0.25, 0.3) is 0 Å². The van der Waals surface area contributed by atoms with E-state index in [0.717, 1.165) is 12.3 Å². The van der Waals surface area contributed by atoms with Gasteiger partial charge in [0.15, 0.2) is 11.2 Å². The van der Waals surface area contributed by atoms with E-state index < -0.39 is 0 Å². The maximum atomic E-state index is 12.2. The second kappa shape index (κ2) is 5.16. The van der Waals surface area contributed by atoms with Gasteiger partial charge >= 0.3 is 0 Å². The highest BCUT2D eigenvalue weighted by molar-refractivity contribution is 8.01. The van der Waals surface area contributed by atoms with Gasteiger partial charge in [0.05, 0.1) is 6.10 Å². The van der Waals surface area contributed by atoms with E-state index in [2.05, 4.69) is 20.8 Å². The minimum absolute atomic E-state index is 0.0656. The molecule has 2 rings (SSSR count). The first-order chi connectivity index (χ1) is 8.31. The highest BCUT2D eigenvalue weighted by Gasteiger charge is 2.48. The van der Waals surface area contributed by atoms with Crippen molar-refractivity contribution in [3.05, 3.63) is 0 Å². The van der Waals surface area contributed by atoms with E-state index in [1.54, 1.807) is 11.8 Å². The summed E-state index contributed by atoms with van der Waals surface area (Å²) in [5, 5.41) is 0. The molecule has 1 heterocycles. The molecule has 0 spiro atoms. The number of ether oxygens (including phenoxy) is 1. The number of thioether (sulfide) groups is 1. The van der Waals surface area contributed by atoms with Gasteiger partial charge in [0.25, 0.3) is 0 Å². The van der Waals surface area contributed by atoms with Crippen LogP contribution >= 0.6 is 11.8 Å². The molecular weight excluding hydrogens is 244 g/mol. The molecule has 1 saturated heterocycles. The number of carbonyl (C=O) groups is 1. The van der Waals surface area contributed by atoms with Crippen molar-refractivity contribution in [3.8, 4) is 0 Å². The molecule has 0 unspecified atom stereocenters. The van der Waals surface area contributed by atoms with Gasteiger partial charge in [0, 0.05) is 10.7 Å². The Kier molecular flexibility index (Phi) is 4.13. The van der Waals surface area contributed by atoms with Gasteiger partial charge in [-0.2, -0.15) is 0 Å². The second-order valence-corrected chi connectivity index (χ2v) is 8.53. The maximum Gasteiger partial charge on any atom is 0.174 e. The van der Waals surface area contributed by atoms with Crippen molar-refractivity contribution in [3.63, 3.8) is 0 Å². The van der Waals surface area contributed by atoms with Crippen LogP contribution in [0.4, 0.5) is 0 Å². The fourth-order valence-corrected chi connectivity index (χ4v) is 4.80. The Labute approximate surface area is 115 Å². The summed E-state index contributed by atoms with van der Waals surface area (Å²) in [7, 11) is 0. The predicted molar refractivity (Wildman–Crippen MR) is 76.7 cm³/mol. The third kappa shape index (κ3) is 2.77. The van der Waals surface area contributed by atoms with Gasteiger partial charge in [-0.3, -0.25) is 4.79 Å². The Hall–Kier alpha value is -0.0200. The molecule has 0 N–H and O–H groups in total. The minimum Gasteiger partial charge on any atom is -0.356 e. The first-order valence-electron chi connectivity index (χ1n) is 7.18. The number of carbonyl (C=O) groups excluding carboxylic acids is 1. The van der Waals surface area contributed by atoms with Gasteiger partial charge in [0.2, 0.25) is 0 Å². The van der Waals surface area contributed by atoms with E-state index in [9.17, 15) is 4.79 Å². The fraction of sp³-hybridized carbons (Fsp3) is 0.933. The number of rotatable bonds is 2. The Morgan fingerprint density at radius 2 is 2.00 bits per heavy atom. The fourth-order valence-electron chi connectivity index (χ4n) is 3.22. The van der Waals surface area contributed by atoms with E-state index >= 15 is 0 Å². The highest BCUT2D eigenvalue weighted by Crippen LogP contribution is 2.50. The average Bonchev–Trinajstić information content (AvgIpc) is 2.25. The molecule has 0 amide bonds. The molecule has 4 atom stereocenters. The summed E-state index contributed by atoms with van der Waals surface area (Å²) in [6.07, 6.45) is 3.96. The lowest BCUT2D eigenvalue weighted by Crippen LogP contribution is -2.51. The molecule has 104 valence electrons. The van der Waals surface area contributed by atoms with E-state index in [1.165, 1.54) is 12.8 Å². The number of hydrogen-bond donors (Lipinski definition) is 0. The normalized spacial score (nSPS) is 39.4. The zero-order valence-corrected chi connectivity index (χ0v) is 13.0. The molecule has 0 radical (unpaired) electrons. The number of fused-ring (bicyclic) bond motifs is 1. The average molecular weight is 270 g/mol. The summed E-state index contributed by atoms with van der Waals surface area (Å²) in [6.45, 7) is 10.8. The molecule has 1 saturated carbocycles. The molecule has 2 aliphatic rings. The van der Waals surface area contributed by atoms with Crippen LogP contribution in [0.3, 0.4) is 0 Å². The minimum atomic E-state index is -0.244. The third-order valence-electron chi connectivity index (χ3n) is 4.46. The van der Waals surface area contributed by atoms with Gasteiger partial charge in [-0.25, -0.2) is 0 Å². The SMILES string of the molecule is CC(C)C(=O)[C@@H]1O[C@@H]2C[C@H](C)CC[C@H]2C(C)(C)S1. The first kappa shape index (κ1) is 14.4. The van der Waals surface area contributed by atoms with Gasteiger partial charge in [-0.05, 0) is 24.7 Å². The molecule has 2 fully saturated rings. The highest BCUT2D eigenvalue weighted by atomic mass is 32.2. The molecule has 0 aromatic heterocycles. The standard InChI is InChI=1S/C15H26O2S/c1-9(2)13(16)14-17-12-8-10(3)6-7-11(12)15(4,5)18-14/h9-12,14H,6-8H2,1-5H3/t10-,11-,12-,14-/m1/s1. The summed E-state index contributed by atoms with van der Waals surface area (Å²) in [5.41, 5.74) is -0.244. The third-order valence-corrected chi connectivity index (χ3v) is 5.93. The molecular formula is C15H26O2S. The van der Waals surface area contributed by atoms with Gasteiger partial charge < -0.3 is 4.74 Å². The predicted octanol–water partition coefficient (Wildman–Crippen LogP) is 3.88. The lowest BCUT2D eigenvalue weighted by atomic mass is 9.74. The Morgan fingerprint density at radius 3 is 2.61 bits per heavy atom. The summed E-state index contributed by atoms with van der Waals surface area (Å²) in [4.78, 5) is 12.2. The van der Waals surface area contributed by atoms with Crippen molar-refractivity contribution in [1.82, 2.24) is 0 Å². The monoisotopic (exact) mass is 270 g/mol. The molecule has 0 aromatic carbocycles. The van der Waals surface area contributed by atoms with Crippen LogP contribution in [-0.2, 0) is 9.53 Å². The topological polar surface area (TPSA) is 26.3 Å². The molecule has 18 heavy (non-hydrogen) atoms. The maximum absolute atomic E-state index is 12.2. The van der Waals surface area contributed by atoms with E-state index in [4.69, 9.17) is 4.74 Å². The molecule has 2 nitrogen and oxygen atoms in total.